The van der Waals surface area contributed by atoms with Crippen molar-refractivity contribution in [3.05, 3.63) is 63.1 Å². The van der Waals surface area contributed by atoms with Crippen LogP contribution in [0.2, 0.25) is 10.0 Å². The number of hydrogen-bond donors (Lipinski definition) is 0. The predicted molar refractivity (Wildman–Crippen MR) is 104 cm³/mol. The zero-order chi connectivity index (χ0) is 18.0. The minimum Gasteiger partial charge on any atom is -0.387 e. The van der Waals surface area contributed by atoms with Crippen LogP contribution in [0.3, 0.4) is 0 Å². The molecule has 4 nitrogen and oxygen atoms in total. The summed E-state index contributed by atoms with van der Waals surface area (Å²) in [4.78, 5) is 11.9. The van der Waals surface area contributed by atoms with Gasteiger partial charge in [-0.3, -0.25) is 0 Å². The van der Waals surface area contributed by atoms with Crippen molar-refractivity contribution in [2.24, 2.45) is 10.1 Å². The molecule has 0 fully saturated rings. The topological polar surface area (TPSA) is 37.2 Å². The Morgan fingerprint density at radius 3 is 2.68 bits per heavy atom. The molecule has 25 heavy (non-hydrogen) atoms. The first kappa shape index (κ1) is 17.8. The molecule has 1 aliphatic rings. The Morgan fingerprint density at radius 2 is 1.96 bits per heavy atom. The van der Waals surface area contributed by atoms with Crippen LogP contribution in [-0.4, -0.2) is 31.0 Å². The number of aliphatic imine (C=N–C) groups is 1. The lowest BCUT2D eigenvalue weighted by molar-refractivity contribution is 0.0853. The van der Waals surface area contributed by atoms with Gasteiger partial charge in [0.05, 0.1) is 22.8 Å². The lowest BCUT2D eigenvalue weighted by atomic mass is 9.97. The van der Waals surface area contributed by atoms with Gasteiger partial charge in [0.2, 0.25) is 0 Å². The fourth-order valence-electron chi connectivity index (χ4n) is 2.70. The largest absolute Gasteiger partial charge is 0.387 e. The second-order valence-electron chi connectivity index (χ2n) is 6.18. The zero-order valence-electron chi connectivity index (χ0n) is 14.3. The number of aryl methyl sites for hydroxylation is 1. The molecular weight excluding hydrogens is 357 g/mol. The summed E-state index contributed by atoms with van der Waals surface area (Å²) in [6.07, 6.45) is 2.21. The van der Waals surface area contributed by atoms with Crippen LogP contribution in [0.4, 0.5) is 5.69 Å². The summed E-state index contributed by atoms with van der Waals surface area (Å²) in [5.74, 6) is 0. The molecule has 1 atom stereocenters. The first-order valence-corrected chi connectivity index (χ1v) is 8.69. The first-order valence-electron chi connectivity index (χ1n) is 7.94. The SMILES string of the molecule is Cc1cc(/N=C\N(C)C)c(Cl)cc1C1CC(c2ccccc2Cl)=NO1. The number of oxime groups is 1. The molecule has 2 aromatic rings. The van der Waals surface area contributed by atoms with Gasteiger partial charge in [0, 0.05) is 31.1 Å². The summed E-state index contributed by atoms with van der Waals surface area (Å²) < 4.78 is 0. The molecule has 3 rings (SSSR count). The van der Waals surface area contributed by atoms with Crippen molar-refractivity contribution >= 4 is 40.9 Å². The maximum absolute atomic E-state index is 6.40. The van der Waals surface area contributed by atoms with Gasteiger partial charge in [0.1, 0.15) is 0 Å². The second kappa shape index (κ2) is 7.46. The molecule has 0 amide bonds. The molecule has 0 spiro atoms. The summed E-state index contributed by atoms with van der Waals surface area (Å²) in [7, 11) is 3.83. The molecule has 0 aliphatic carbocycles. The quantitative estimate of drug-likeness (QED) is 0.530. The van der Waals surface area contributed by atoms with E-state index in [-0.39, 0.29) is 6.10 Å². The van der Waals surface area contributed by atoms with E-state index in [1.54, 1.807) is 6.34 Å². The van der Waals surface area contributed by atoms with Crippen LogP contribution >= 0.6 is 23.2 Å². The van der Waals surface area contributed by atoms with E-state index in [0.717, 1.165) is 28.1 Å². The number of benzene rings is 2. The van der Waals surface area contributed by atoms with Crippen molar-refractivity contribution in [3.63, 3.8) is 0 Å². The standard InChI is InChI=1S/C19H19Cl2N3O/c1-12-8-18(22-11-24(2)3)16(21)9-14(12)19-10-17(23-25-19)13-6-4-5-7-15(13)20/h4-9,11,19H,10H2,1-3H3/b22-11-. The minimum atomic E-state index is -0.171. The van der Waals surface area contributed by atoms with Crippen molar-refractivity contribution < 1.29 is 4.84 Å². The summed E-state index contributed by atoms with van der Waals surface area (Å²) in [6.45, 7) is 2.02. The van der Waals surface area contributed by atoms with Gasteiger partial charge in [0.25, 0.3) is 0 Å². The molecule has 0 radical (unpaired) electrons. The molecule has 130 valence electrons. The Labute approximate surface area is 157 Å². The minimum absolute atomic E-state index is 0.171. The molecule has 0 bridgehead atoms. The molecule has 1 aliphatic heterocycles. The van der Waals surface area contributed by atoms with Crippen LogP contribution in [0.15, 0.2) is 46.5 Å². The van der Waals surface area contributed by atoms with Gasteiger partial charge in [0.15, 0.2) is 6.10 Å². The fourth-order valence-corrected chi connectivity index (χ4v) is 3.17. The maximum atomic E-state index is 6.40. The molecular formula is C19H19Cl2N3O. The first-order chi connectivity index (χ1) is 12.0. The van der Waals surface area contributed by atoms with E-state index in [0.29, 0.717) is 16.5 Å². The Balaban J connectivity index is 1.82. The normalized spacial score (nSPS) is 16.8. The van der Waals surface area contributed by atoms with Crippen molar-refractivity contribution in [3.8, 4) is 0 Å². The van der Waals surface area contributed by atoms with Gasteiger partial charge < -0.3 is 9.74 Å². The van der Waals surface area contributed by atoms with Crippen LogP contribution in [0.5, 0.6) is 0 Å². The van der Waals surface area contributed by atoms with Crippen LogP contribution < -0.4 is 0 Å². The molecule has 6 heteroatoms. The van der Waals surface area contributed by atoms with Crippen LogP contribution in [-0.2, 0) is 4.84 Å². The van der Waals surface area contributed by atoms with E-state index < -0.39 is 0 Å². The lowest BCUT2D eigenvalue weighted by Crippen LogP contribution is -2.07. The number of halogens is 2. The van der Waals surface area contributed by atoms with Gasteiger partial charge in [-0.25, -0.2) is 4.99 Å². The average Bonchev–Trinajstić information content (AvgIpc) is 3.05. The molecule has 2 aromatic carbocycles. The van der Waals surface area contributed by atoms with E-state index in [2.05, 4.69) is 10.1 Å². The van der Waals surface area contributed by atoms with E-state index >= 15 is 0 Å². The maximum Gasteiger partial charge on any atom is 0.158 e. The number of hydrogen-bond acceptors (Lipinski definition) is 3. The monoisotopic (exact) mass is 375 g/mol. The Kier molecular flexibility index (Phi) is 5.30. The van der Waals surface area contributed by atoms with Crippen LogP contribution in [0.1, 0.15) is 29.2 Å². The van der Waals surface area contributed by atoms with Gasteiger partial charge in [-0.2, -0.15) is 0 Å². The highest BCUT2D eigenvalue weighted by Crippen LogP contribution is 2.37. The summed E-state index contributed by atoms with van der Waals surface area (Å²) in [6, 6.07) is 11.5. The molecule has 0 saturated heterocycles. The lowest BCUT2D eigenvalue weighted by Gasteiger charge is -2.14. The summed E-state index contributed by atoms with van der Waals surface area (Å²) in [5.41, 5.74) is 4.57. The molecule has 0 N–H and O–H groups in total. The zero-order valence-corrected chi connectivity index (χ0v) is 15.8. The van der Waals surface area contributed by atoms with Gasteiger partial charge >= 0.3 is 0 Å². The number of rotatable bonds is 4. The average molecular weight is 376 g/mol. The second-order valence-corrected chi connectivity index (χ2v) is 7.00. The van der Waals surface area contributed by atoms with Gasteiger partial charge in [-0.05, 0) is 36.2 Å². The number of nitrogens with zero attached hydrogens (tertiary/aromatic N) is 3. The highest BCUT2D eigenvalue weighted by Gasteiger charge is 2.27. The van der Waals surface area contributed by atoms with Crippen molar-refractivity contribution in [1.29, 1.82) is 0 Å². The highest BCUT2D eigenvalue weighted by atomic mass is 35.5. The van der Waals surface area contributed by atoms with Crippen molar-refractivity contribution in [2.75, 3.05) is 14.1 Å². The molecule has 0 saturated carbocycles. The fraction of sp³-hybridized carbons (Fsp3) is 0.263. The van der Waals surface area contributed by atoms with E-state index in [9.17, 15) is 0 Å². The molecule has 1 heterocycles. The highest BCUT2D eigenvalue weighted by molar-refractivity contribution is 6.34. The third-order valence-electron chi connectivity index (χ3n) is 3.96. The predicted octanol–water partition coefficient (Wildman–Crippen LogP) is 5.39. The Hall–Kier alpha value is -2.04. The summed E-state index contributed by atoms with van der Waals surface area (Å²) in [5, 5.41) is 5.50. The third kappa shape index (κ3) is 3.97. The van der Waals surface area contributed by atoms with Gasteiger partial charge in [-0.15, -0.1) is 0 Å². The Morgan fingerprint density at radius 1 is 1.20 bits per heavy atom. The third-order valence-corrected chi connectivity index (χ3v) is 4.60. The van der Waals surface area contributed by atoms with Crippen molar-refractivity contribution in [1.82, 2.24) is 4.90 Å². The van der Waals surface area contributed by atoms with Crippen LogP contribution in [0.25, 0.3) is 0 Å². The molecule has 1 unspecified atom stereocenters. The van der Waals surface area contributed by atoms with Crippen molar-refractivity contribution in [2.45, 2.75) is 19.4 Å². The van der Waals surface area contributed by atoms with E-state index in [1.807, 2.05) is 62.3 Å². The van der Waals surface area contributed by atoms with Crippen LogP contribution in [0, 0.1) is 6.92 Å². The Bertz CT molecular complexity index is 847. The van der Waals surface area contributed by atoms with E-state index in [1.165, 1.54) is 0 Å². The summed E-state index contributed by atoms with van der Waals surface area (Å²) >= 11 is 12.7. The van der Waals surface area contributed by atoms with Gasteiger partial charge in [-0.1, -0.05) is 46.6 Å². The smallest absolute Gasteiger partial charge is 0.158 e. The molecule has 0 aromatic heterocycles. The van der Waals surface area contributed by atoms with E-state index in [4.69, 9.17) is 28.0 Å².